The highest BCUT2D eigenvalue weighted by atomic mass is 15.1. The van der Waals surface area contributed by atoms with E-state index in [9.17, 15) is 0 Å². The number of aromatic nitrogens is 2. The third-order valence-corrected chi connectivity index (χ3v) is 3.10. The van der Waals surface area contributed by atoms with Gasteiger partial charge < -0.3 is 14.8 Å². The van der Waals surface area contributed by atoms with Crippen LogP contribution in [0.4, 0.5) is 11.4 Å². The summed E-state index contributed by atoms with van der Waals surface area (Å²) in [6.45, 7) is 4.00. The van der Waals surface area contributed by atoms with Crippen LogP contribution in [0.15, 0.2) is 36.8 Å². The molecule has 0 aliphatic heterocycles. The van der Waals surface area contributed by atoms with Gasteiger partial charge in [-0.25, -0.2) is 4.98 Å². The highest BCUT2D eigenvalue weighted by Crippen LogP contribution is 2.18. The molecule has 0 atom stereocenters. The summed E-state index contributed by atoms with van der Waals surface area (Å²) in [5.41, 5.74) is 3.56. The number of hydrogen-bond donors (Lipinski definition) is 1. The largest absolute Gasteiger partial charge is 0.379 e. The van der Waals surface area contributed by atoms with Crippen molar-refractivity contribution >= 4 is 11.4 Å². The number of nitrogens with one attached hydrogen (secondary N) is 1. The molecular formula is C15H22N4. The molecule has 1 aromatic heterocycles. The molecule has 0 bridgehead atoms. The molecule has 0 radical (unpaired) electrons. The van der Waals surface area contributed by atoms with Crippen LogP contribution in [-0.2, 0) is 13.1 Å². The van der Waals surface area contributed by atoms with Crippen molar-refractivity contribution in [2.24, 2.45) is 0 Å². The maximum absolute atomic E-state index is 4.21. The maximum Gasteiger partial charge on any atom is 0.0948 e. The van der Waals surface area contributed by atoms with Crippen LogP contribution < -0.4 is 10.2 Å². The van der Waals surface area contributed by atoms with Crippen molar-refractivity contribution in [3.8, 4) is 0 Å². The first kappa shape index (κ1) is 13.5. The molecule has 102 valence electrons. The van der Waals surface area contributed by atoms with E-state index in [1.54, 1.807) is 0 Å². The van der Waals surface area contributed by atoms with Crippen molar-refractivity contribution in [1.82, 2.24) is 9.55 Å². The predicted octanol–water partition coefficient (Wildman–Crippen LogP) is 2.97. The monoisotopic (exact) mass is 258 g/mol. The van der Waals surface area contributed by atoms with E-state index in [-0.39, 0.29) is 0 Å². The van der Waals surface area contributed by atoms with E-state index in [0.717, 1.165) is 25.2 Å². The molecule has 0 aliphatic carbocycles. The first-order valence-electron chi connectivity index (χ1n) is 6.71. The predicted molar refractivity (Wildman–Crippen MR) is 80.6 cm³/mol. The van der Waals surface area contributed by atoms with Crippen LogP contribution in [-0.4, -0.2) is 23.6 Å². The van der Waals surface area contributed by atoms with Crippen molar-refractivity contribution < 1.29 is 0 Å². The topological polar surface area (TPSA) is 33.1 Å². The van der Waals surface area contributed by atoms with Gasteiger partial charge in [0, 0.05) is 38.2 Å². The number of imidazole rings is 1. The van der Waals surface area contributed by atoms with E-state index in [1.807, 2.05) is 12.5 Å². The lowest BCUT2D eigenvalue weighted by Gasteiger charge is -2.14. The van der Waals surface area contributed by atoms with Crippen LogP contribution in [0, 0.1) is 0 Å². The Kier molecular flexibility index (Phi) is 4.44. The molecule has 0 spiro atoms. The smallest absolute Gasteiger partial charge is 0.0948 e. The Labute approximate surface area is 115 Å². The van der Waals surface area contributed by atoms with Crippen LogP contribution in [0.3, 0.4) is 0 Å². The Morgan fingerprint density at radius 1 is 1.32 bits per heavy atom. The molecule has 0 saturated heterocycles. The van der Waals surface area contributed by atoms with Crippen molar-refractivity contribution in [1.29, 1.82) is 0 Å². The zero-order valence-electron chi connectivity index (χ0n) is 11.9. The summed E-state index contributed by atoms with van der Waals surface area (Å²) in [5.74, 6) is 0. The highest BCUT2D eigenvalue weighted by Gasteiger charge is 2.02. The number of benzene rings is 1. The van der Waals surface area contributed by atoms with E-state index >= 15 is 0 Å². The van der Waals surface area contributed by atoms with Crippen molar-refractivity contribution in [2.45, 2.75) is 26.4 Å². The SMILES string of the molecule is CCCn1cncc1CNc1cccc(N(C)C)c1. The molecule has 0 fully saturated rings. The molecule has 0 saturated carbocycles. The Morgan fingerprint density at radius 2 is 2.16 bits per heavy atom. The number of anilines is 2. The first-order valence-corrected chi connectivity index (χ1v) is 6.71. The molecule has 1 aromatic carbocycles. The van der Waals surface area contributed by atoms with Gasteiger partial charge in [-0.15, -0.1) is 0 Å². The molecule has 2 aromatic rings. The zero-order chi connectivity index (χ0) is 13.7. The van der Waals surface area contributed by atoms with Crippen LogP contribution in [0.2, 0.25) is 0 Å². The molecule has 0 aliphatic rings. The summed E-state index contributed by atoms with van der Waals surface area (Å²) in [5, 5.41) is 3.45. The third-order valence-electron chi connectivity index (χ3n) is 3.10. The Bertz CT molecular complexity index is 516. The second-order valence-electron chi connectivity index (χ2n) is 4.88. The lowest BCUT2D eigenvalue weighted by molar-refractivity contribution is 0.651. The second-order valence-corrected chi connectivity index (χ2v) is 4.88. The summed E-state index contributed by atoms with van der Waals surface area (Å²) in [6.07, 6.45) is 4.95. The second kappa shape index (κ2) is 6.27. The van der Waals surface area contributed by atoms with Gasteiger partial charge in [0.05, 0.1) is 18.6 Å². The van der Waals surface area contributed by atoms with Gasteiger partial charge in [0.2, 0.25) is 0 Å². The van der Waals surface area contributed by atoms with Gasteiger partial charge in [0.15, 0.2) is 0 Å². The quantitative estimate of drug-likeness (QED) is 0.864. The lowest BCUT2D eigenvalue weighted by Crippen LogP contribution is -2.10. The Hall–Kier alpha value is -1.97. The van der Waals surface area contributed by atoms with E-state index < -0.39 is 0 Å². The molecule has 4 heteroatoms. The fourth-order valence-corrected chi connectivity index (χ4v) is 2.02. The third kappa shape index (κ3) is 3.50. The van der Waals surface area contributed by atoms with Crippen molar-refractivity contribution in [2.75, 3.05) is 24.3 Å². The maximum atomic E-state index is 4.21. The van der Waals surface area contributed by atoms with Crippen LogP contribution in [0.25, 0.3) is 0 Å². The number of aryl methyl sites for hydroxylation is 1. The van der Waals surface area contributed by atoms with Crippen LogP contribution >= 0.6 is 0 Å². The van der Waals surface area contributed by atoms with E-state index in [0.29, 0.717) is 0 Å². The van der Waals surface area contributed by atoms with Gasteiger partial charge in [0.1, 0.15) is 0 Å². The minimum atomic E-state index is 0.802. The van der Waals surface area contributed by atoms with Crippen LogP contribution in [0.5, 0.6) is 0 Å². The molecule has 2 rings (SSSR count). The van der Waals surface area contributed by atoms with E-state index in [2.05, 4.69) is 65.1 Å². The number of hydrogen-bond acceptors (Lipinski definition) is 3. The summed E-state index contributed by atoms with van der Waals surface area (Å²) in [6, 6.07) is 8.42. The Balaban J connectivity index is 2.02. The average molecular weight is 258 g/mol. The minimum absolute atomic E-state index is 0.802. The minimum Gasteiger partial charge on any atom is -0.379 e. The van der Waals surface area contributed by atoms with E-state index in [1.165, 1.54) is 11.4 Å². The standard InChI is InChI=1S/C15H22N4/c1-4-8-19-12-16-10-15(19)11-17-13-6-5-7-14(9-13)18(2)3/h5-7,9-10,12,17H,4,8,11H2,1-3H3. The number of rotatable bonds is 6. The lowest BCUT2D eigenvalue weighted by atomic mass is 10.2. The fourth-order valence-electron chi connectivity index (χ4n) is 2.02. The Morgan fingerprint density at radius 3 is 2.89 bits per heavy atom. The van der Waals surface area contributed by atoms with Gasteiger partial charge in [-0.05, 0) is 24.6 Å². The summed E-state index contributed by atoms with van der Waals surface area (Å²) >= 11 is 0. The summed E-state index contributed by atoms with van der Waals surface area (Å²) < 4.78 is 2.20. The molecule has 1 heterocycles. The summed E-state index contributed by atoms with van der Waals surface area (Å²) in [4.78, 5) is 6.32. The molecule has 0 amide bonds. The molecule has 19 heavy (non-hydrogen) atoms. The van der Waals surface area contributed by atoms with Gasteiger partial charge in [-0.1, -0.05) is 13.0 Å². The molecule has 4 nitrogen and oxygen atoms in total. The fraction of sp³-hybridized carbons (Fsp3) is 0.400. The number of nitrogens with zero attached hydrogens (tertiary/aromatic N) is 3. The van der Waals surface area contributed by atoms with Gasteiger partial charge in [-0.2, -0.15) is 0 Å². The van der Waals surface area contributed by atoms with E-state index in [4.69, 9.17) is 0 Å². The normalized spacial score (nSPS) is 10.5. The van der Waals surface area contributed by atoms with Crippen molar-refractivity contribution in [3.63, 3.8) is 0 Å². The van der Waals surface area contributed by atoms with Gasteiger partial charge in [-0.3, -0.25) is 0 Å². The zero-order valence-corrected chi connectivity index (χ0v) is 11.9. The summed E-state index contributed by atoms with van der Waals surface area (Å²) in [7, 11) is 4.10. The first-order chi connectivity index (χ1) is 9.20. The average Bonchev–Trinajstić information content (AvgIpc) is 2.85. The molecular weight excluding hydrogens is 236 g/mol. The van der Waals surface area contributed by atoms with Crippen molar-refractivity contribution in [3.05, 3.63) is 42.5 Å². The highest BCUT2D eigenvalue weighted by molar-refractivity contribution is 5.57. The van der Waals surface area contributed by atoms with Crippen LogP contribution in [0.1, 0.15) is 19.0 Å². The molecule has 1 N–H and O–H groups in total. The molecule has 0 unspecified atom stereocenters. The van der Waals surface area contributed by atoms with Gasteiger partial charge >= 0.3 is 0 Å². The van der Waals surface area contributed by atoms with Gasteiger partial charge in [0.25, 0.3) is 0 Å².